The van der Waals surface area contributed by atoms with Gasteiger partial charge >= 0.3 is 0 Å². The van der Waals surface area contributed by atoms with Crippen LogP contribution in [0.3, 0.4) is 0 Å². The number of carbonyl (C=O) groups is 1. The Balaban J connectivity index is 2.42. The van der Waals surface area contributed by atoms with E-state index in [0.29, 0.717) is 21.8 Å². The summed E-state index contributed by atoms with van der Waals surface area (Å²) in [6.07, 6.45) is 1.20. The molecule has 0 atom stereocenters. The maximum Gasteiger partial charge on any atom is 0.244 e. The third-order valence-corrected chi connectivity index (χ3v) is 2.81. The van der Waals surface area contributed by atoms with Gasteiger partial charge in [0, 0.05) is 17.2 Å². The lowest BCUT2D eigenvalue weighted by Crippen LogP contribution is -1.96. The number of azo groups is 1. The van der Waals surface area contributed by atoms with Gasteiger partial charge in [-0.1, -0.05) is 41.3 Å². The SMILES string of the molecule is C=CC(=O)c1ccccc1N=[N+]([O-])c1ccc(C)cc1. The molecule has 0 amide bonds. The van der Waals surface area contributed by atoms with Crippen LogP contribution < -0.4 is 0 Å². The zero-order valence-corrected chi connectivity index (χ0v) is 11.1. The van der Waals surface area contributed by atoms with Gasteiger partial charge in [-0.15, -0.1) is 0 Å². The van der Waals surface area contributed by atoms with E-state index in [1.165, 1.54) is 6.08 Å². The molecule has 2 aromatic rings. The molecule has 0 fully saturated rings. The third-order valence-electron chi connectivity index (χ3n) is 2.81. The van der Waals surface area contributed by atoms with Crippen LogP contribution in [0.1, 0.15) is 15.9 Å². The zero-order chi connectivity index (χ0) is 14.5. The predicted molar refractivity (Wildman–Crippen MR) is 77.5 cm³/mol. The minimum absolute atomic E-state index is 0.262. The van der Waals surface area contributed by atoms with E-state index in [0.717, 1.165) is 5.56 Å². The highest BCUT2D eigenvalue weighted by molar-refractivity contribution is 6.07. The molecule has 0 aromatic heterocycles. The van der Waals surface area contributed by atoms with Gasteiger partial charge < -0.3 is 5.21 Å². The molecule has 4 heteroatoms. The van der Waals surface area contributed by atoms with Crippen molar-refractivity contribution in [3.05, 3.63) is 77.5 Å². The van der Waals surface area contributed by atoms with Crippen LogP contribution in [0.5, 0.6) is 0 Å². The number of hydrogen-bond donors (Lipinski definition) is 0. The van der Waals surface area contributed by atoms with Crippen LogP contribution in [0.4, 0.5) is 11.4 Å². The number of nitrogens with zero attached hydrogens (tertiary/aromatic N) is 2. The van der Waals surface area contributed by atoms with Gasteiger partial charge in [0.05, 0.1) is 5.56 Å². The highest BCUT2D eigenvalue weighted by atomic mass is 16.5. The summed E-state index contributed by atoms with van der Waals surface area (Å²) in [6.45, 7) is 5.38. The first-order valence-electron chi connectivity index (χ1n) is 6.13. The Hall–Kier alpha value is -2.75. The standard InChI is InChI=1S/C16H14N2O2/c1-3-16(19)14-6-4-5-7-15(14)17-18(20)13-10-8-12(2)9-11-13/h3-11H,1H2,2H3. The number of aryl methyl sites for hydroxylation is 1. The van der Waals surface area contributed by atoms with Crippen molar-refractivity contribution in [2.24, 2.45) is 5.11 Å². The second kappa shape index (κ2) is 5.93. The average Bonchev–Trinajstić information content (AvgIpc) is 2.47. The lowest BCUT2D eigenvalue weighted by molar-refractivity contribution is -0.435. The molecule has 4 nitrogen and oxygen atoms in total. The quantitative estimate of drug-likeness (QED) is 0.272. The van der Waals surface area contributed by atoms with E-state index in [9.17, 15) is 10.0 Å². The first-order valence-corrected chi connectivity index (χ1v) is 6.13. The van der Waals surface area contributed by atoms with Crippen LogP contribution in [-0.2, 0) is 0 Å². The molecule has 0 saturated carbocycles. The van der Waals surface area contributed by atoms with Gasteiger partial charge in [-0.05, 0) is 25.1 Å². The molecule has 0 saturated heterocycles. The van der Waals surface area contributed by atoms with Crippen molar-refractivity contribution in [3.63, 3.8) is 0 Å². The van der Waals surface area contributed by atoms with Gasteiger partial charge in [0.25, 0.3) is 0 Å². The molecule has 0 heterocycles. The van der Waals surface area contributed by atoms with Crippen LogP contribution in [0.15, 0.2) is 66.3 Å². The molecule has 0 spiro atoms. The summed E-state index contributed by atoms with van der Waals surface area (Å²) in [5.41, 5.74) is 2.16. The van der Waals surface area contributed by atoms with E-state index in [4.69, 9.17) is 0 Å². The molecule has 0 aliphatic rings. The van der Waals surface area contributed by atoms with E-state index in [-0.39, 0.29) is 5.78 Å². The first-order chi connectivity index (χ1) is 9.61. The van der Waals surface area contributed by atoms with Crippen molar-refractivity contribution in [1.29, 1.82) is 0 Å². The van der Waals surface area contributed by atoms with E-state index in [1.54, 1.807) is 36.4 Å². The van der Waals surface area contributed by atoms with Crippen molar-refractivity contribution in [2.75, 3.05) is 0 Å². The van der Waals surface area contributed by atoms with Gasteiger partial charge in [-0.3, -0.25) is 4.79 Å². The van der Waals surface area contributed by atoms with Gasteiger partial charge in [0.2, 0.25) is 5.69 Å². The Morgan fingerprint density at radius 2 is 1.85 bits per heavy atom. The van der Waals surface area contributed by atoms with Crippen LogP contribution in [0, 0.1) is 12.1 Å². The number of benzene rings is 2. The molecule has 0 radical (unpaired) electrons. The molecular weight excluding hydrogens is 252 g/mol. The predicted octanol–water partition coefficient (Wildman–Crippen LogP) is 4.29. The molecule has 2 rings (SSSR count). The smallest absolute Gasteiger partial charge is 0.244 e. The summed E-state index contributed by atoms with van der Waals surface area (Å²) in [5.74, 6) is -0.262. The fourth-order valence-electron chi connectivity index (χ4n) is 1.71. The Labute approximate surface area is 117 Å². The maximum atomic E-state index is 12.0. The molecule has 100 valence electrons. The number of allylic oxidation sites excluding steroid dienone is 1. The molecule has 0 unspecified atom stereocenters. The summed E-state index contributed by atoms with van der Waals surface area (Å²) in [6, 6.07) is 13.7. The van der Waals surface area contributed by atoms with E-state index in [1.807, 2.05) is 19.1 Å². The molecule has 0 aliphatic heterocycles. The summed E-state index contributed by atoms with van der Waals surface area (Å²) in [4.78, 5) is 12.2. The number of rotatable bonds is 4. The number of carbonyl (C=O) groups excluding carboxylic acids is 1. The fourth-order valence-corrected chi connectivity index (χ4v) is 1.71. The van der Waals surface area contributed by atoms with E-state index >= 15 is 0 Å². The minimum atomic E-state index is -0.262. The highest BCUT2D eigenvalue weighted by Gasteiger charge is 2.11. The summed E-state index contributed by atoms with van der Waals surface area (Å²) in [7, 11) is 0. The summed E-state index contributed by atoms with van der Waals surface area (Å²) in [5, 5.41) is 15.9. The van der Waals surface area contributed by atoms with E-state index in [2.05, 4.69) is 11.7 Å². The fraction of sp³-hybridized carbons (Fsp3) is 0.0625. The molecule has 20 heavy (non-hydrogen) atoms. The Bertz CT molecular complexity index is 673. The number of hydrogen-bond acceptors (Lipinski definition) is 3. The van der Waals surface area contributed by atoms with Gasteiger partial charge in [-0.2, -0.15) is 0 Å². The van der Waals surface area contributed by atoms with Crippen LogP contribution in [0.25, 0.3) is 0 Å². The van der Waals surface area contributed by atoms with Crippen LogP contribution in [-0.4, -0.2) is 10.6 Å². The molecule has 0 bridgehead atoms. The third kappa shape index (κ3) is 2.98. The van der Waals surface area contributed by atoms with Gasteiger partial charge in [-0.25, -0.2) is 0 Å². The summed E-state index contributed by atoms with van der Waals surface area (Å²) >= 11 is 0. The topological polar surface area (TPSA) is 55.5 Å². The average molecular weight is 266 g/mol. The lowest BCUT2D eigenvalue weighted by Gasteiger charge is -2.02. The highest BCUT2D eigenvalue weighted by Crippen LogP contribution is 2.22. The second-order valence-corrected chi connectivity index (χ2v) is 4.29. The van der Waals surface area contributed by atoms with Crippen molar-refractivity contribution in [3.8, 4) is 0 Å². The maximum absolute atomic E-state index is 12.0. The van der Waals surface area contributed by atoms with Crippen molar-refractivity contribution in [1.82, 2.24) is 0 Å². The molecule has 2 aromatic carbocycles. The zero-order valence-electron chi connectivity index (χ0n) is 11.1. The van der Waals surface area contributed by atoms with Crippen molar-refractivity contribution in [2.45, 2.75) is 6.92 Å². The Morgan fingerprint density at radius 3 is 2.50 bits per heavy atom. The largest absolute Gasteiger partial charge is 0.594 e. The van der Waals surface area contributed by atoms with Crippen molar-refractivity contribution < 1.29 is 9.66 Å². The van der Waals surface area contributed by atoms with E-state index < -0.39 is 0 Å². The van der Waals surface area contributed by atoms with Crippen LogP contribution in [0.2, 0.25) is 0 Å². The Kier molecular flexibility index (Phi) is 4.05. The molecule has 0 aliphatic carbocycles. The molecule has 0 N–H and O–H groups in total. The lowest BCUT2D eigenvalue weighted by atomic mass is 10.1. The second-order valence-electron chi connectivity index (χ2n) is 4.29. The first kappa shape index (κ1) is 13.7. The minimum Gasteiger partial charge on any atom is -0.594 e. The normalized spacial score (nSPS) is 11.2. The monoisotopic (exact) mass is 266 g/mol. The summed E-state index contributed by atoms with van der Waals surface area (Å²) < 4.78 is 0. The molecular formula is C16H14N2O2. The van der Waals surface area contributed by atoms with Gasteiger partial charge in [0.1, 0.15) is 5.69 Å². The Morgan fingerprint density at radius 1 is 1.20 bits per heavy atom. The van der Waals surface area contributed by atoms with Crippen molar-refractivity contribution >= 4 is 17.2 Å². The van der Waals surface area contributed by atoms with Gasteiger partial charge in [0.15, 0.2) is 5.78 Å². The van der Waals surface area contributed by atoms with Crippen LogP contribution >= 0.6 is 0 Å². The number of ketones is 1.